The number of rotatable bonds is 6. The zero-order chi connectivity index (χ0) is 25.4. The number of aliphatic hydroxyl groups excluding tert-OH is 1. The summed E-state index contributed by atoms with van der Waals surface area (Å²) in [6.45, 7) is 9.98. The summed E-state index contributed by atoms with van der Waals surface area (Å²) in [5.74, 6) is 1.19. The molecule has 10 heteroatoms. The number of amides is 1. The molecule has 0 atom stereocenters. The summed E-state index contributed by atoms with van der Waals surface area (Å²) >= 11 is 6.11. The Hall–Kier alpha value is -2.96. The lowest BCUT2D eigenvalue weighted by Crippen LogP contribution is -2.74. The van der Waals surface area contributed by atoms with E-state index in [9.17, 15) is 9.90 Å². The smallest absolute Gasteiger partial charge is 0.254 e. The molecule has 1 aliphatic heterocycles. The van der Waals surface area contributed by atoms with Crippen LogP contribution in [0.2, 0.25) is 5.02 Å². The minimum absolute atomic E-state index is 0.152. The average Bonchev–Trinajstić information content (AvgIpc) is 2.85. The molecule has 35 heavy (non-hydrogen) atoms. The second kappa shape index (κ2) is 9.59. The Balaban J connectivity index is 1.40. The fourth-order valence-electron chi connectivity index (χ4n) is 5.63. The van der Waals surface area contributed by atoms with Gasteiger partial charge in [-0.1, -0.05) is 39.3 Å². The molecule has 4 rings (SSSR count). The van der Waals surface area contributed by atoms with E-state index >= 15 is 0 Å². The van der Waals surface area contributed by atoms with Crippen LogP contribution in [0.15, 0.2) is 24.7 Å². The van der Waals surface area contributed by atoms with E-state index in [0.717, 1.165) is 25.9 Å². The van der Waals surface area contributed by atoms with Crippen molar-refractivity contribution >= 4 is 23.5 Å². The quantitative estimate of drug-likeness (QED) is 0.622. The summed E-state index contributed by atoms with van der Waals surface area (Å²) in [7, 11) is 0. The van der Waals surface area contributed by atoms with Crippen LogP contribution in [-0.2, 0) is 0 Å². The highest BCUT2D eigenvalue weighted by Crippen LogP contribution is 2.55. The van der Waals surface area contributed by atoms with Crippen LogP contribution in [0.5, 0.6) is 5.75 Å². The number of carbonyl (C=O) groups excluding carboxylic acids is 1. The Labute approximate surface area is 210 Å². The number of ether oxygens (including phenoxy) is 1. The van der Waals surface area contributed by atoms with Crippen molar-refractivity contribution in [3.05, 3.63) is 40.9 Å². The number of carbonyl (C=O) groups is 1. The second-order valence-corrected chi connectivity index (χ2v) is 11.0. The summed E-state index contributed by atoms with van der Waals surface area (Å²) in [4.78, 5) is 28.0. The maximum atomic E-state index is 13.0. The van der Waals surface area contributed by atoms with E-state index in [4.69, 9.17) is 21.6 Å². The summed E-state index contributed by atoms with van der Waals surface area (Å²) in [5.41, 5.74) is -0.202. The first kappa shape index (κ1) is 25.1. The van der Waals surface area contributed by atoms with Gasteiger partial charge in [0, 0.05) is 55.0 Å². The first-order valence-electron chi connectivity index (χ1n) is 11.8. The number of nitrogens with zero attached hydrogens (tertiary/aromatic N) is 5. The second-order valence-electron chi connectivity index (χ2n) is 10.5. The lowest BCUT2D eigenvalue weighted by molar-refractivity contribution is -0.164. The third-order valence-electron chi connectivity index (χ3n) is 7.35. The molecule has 3 heterocycles. The number of hydrogen-bond acceptors (Lipinski definition) is 8. The highest BCUT2D eigenvalue weighted by molar-refractivity contribution is 6.31. The van der Waals surface area contributed by atoms with Crippen LogP contribution in [0.3, 0.4) is 0 Å². The maximum absolute atomic E-state index is 13.0. The fraction of sp³-hybridized carbons (Fsp3) is 0.560. The molecular formula is C25H31ClN6O3. The first-order valence-corrected chi connectivity index (χ1v) is 12.2. The zero-order valence-electron chi connectivity index (χ0n) is 20.5. The molecule has 0 spiro atoms. The molecule has 2 aliphatic rings. The number of piperidine rings is 1. The number of pyridine rings is 1. The zero-order valence-corrected chi connectivity index (χ0v) is 21.2. The van der Waals surface area contributed by atoms with Crippen molar-refractivity contribution in [2.45, 2.75) is 52.7 Å². The monoisotopic (exact) mass is 498 g/mol. The van der Waals surface area contributed by atoms with Gasteiger partial charge in [0.1, 0.15) is 17.9 Å². The molecule has 0 radical (unpaired) electrons. The van der Waals surface area contributed by atoms with E-state index in [2.05, 4.69) is 25.2 Å². The molecule has 1 saturated carbocycles. The molecule has 2 aromatic rings. The lowest BCUT2D eigenvalue weighted by atomic mass is 9.49. The fourth-order valence-corrected chi connectivity index (χ4v) is 5.83. The summed E-state index contributed by atoms with van der Waals surface area (Å²) in [5, 5.41) is 21.7. The van der Waals surface area contributed by atoms with Crippen molar-refractivity contribution in [2.75, 3.05) is 24.6 Å². The van der Waals surface area contributed by atoms with Crippen molar-refractivity contribution in [1.82, 2.24) is 20.3 Å². The highest BCUT2D eigenvalue weighted by Gasteiger charge is 2.64. The molecule has 1 saturated heterocycles. The molecule has 2 N–H and O–H groups in total. The van der Waals surface area contributed by atoms with Gasteiger partial charge in [-0.2, -0.15) is 5.26 Å². The first-order chi connectivity index (χ1) is 16.6. The number of halogens is 1. The van der Waals surface area contributed by atoms with Crippen LogP contribution in [0.1, 0.15) is 56.6 Å². The van der Waals surface area contributed by atoms with Gasteiger partial charge in [-0.05, 0) is 18.8 Å². The number of aliphatic hydroxyl groups is 1. The molecule has 0 aromatic carbocycles. The average molecular weight is 499 g/mol. The third kappa shape index (κ3) is 4.78. The van der Waals surface area contributed by atoms with Gasteiger partial charge in [-0.3, -0.25) is 4.79 Å². The molecule has 0 bridgehead atoms. The predicted molar refractivity (Wildman–Crippen MR) is 131 cm³/mol. The minimum atomic E-state index is -0.378. The molecule has 186 valence electrons. The Kier molecular flexibility index (Phi) is 6.89. The lowest BCUT2D eigenvalue weighted by Gasteiger charge is -2.63. The molecule has 2 fully saturated rings. The van der Waals surface area contributed by atoms with E-state index in [0.29, 0.717) is 23.2 Å². The van der Waals surface area contributed by atoms with Gasteiger partial charge >= 0.3 is 0 Å². The standard InChI is InChI=1S/C25H31ClN6O3/c1-24(2)21(25(3,4)22(24)35-17-9-18(26)19(10-27)28-13-17)31-20(34)16-11-29-23(30-12-16)32-7-5-15(14-33)6-8-32/h9,11-13,15,21-22,33H,5-8,14H2,1-4H3,(H,31,34). The van der Waals surface area contributed by atoms with Gasteiger partial charge in [-0.15, -0.1) is 0 Å². The van der Waals surface area contributed by atoms with Crippen molar-refractivity contribution in [3.63, 3.8) is 0 Å². The molecule has 2 aromatic heterocycles. The Morgan fingerprint density at radius 1 is 1.20 bits per heavy atom. The Morgan fingerprint density at radius 3 is 2.37 bits per heavy atom. The van der Waals surface area contributed by atoms with E-state index in [1.54, 1.807) is 18.5 Å². The molecular weight excluding hydrogens is 468 g/mol. The Morgan fingerprint density at radius 2 is 1.83 bits per heavy atom. The number of aromatic nitrogens is 3. The Bertz CT molecular complexity index is 1110. The third-order valence-corrected chi connectivity index (χ3v) is 7.63. The van der Waals surface area contributed by atoms with Gasteiger partial charge in [0.05, 0.1) is 16.8 Å². The maximum Gasteiger partial charge on any atom is 0.254 e. The topological polar surface area (TPSA) is 124 Å². The SMILES string of the molecule is CC1(C)C(NC(=O)c2cnc(N3CCC(CO)CC3)nc2)C(C)(C)C1Oc1cnc(C#N)c(Cl)c1. The summed E-state index contributed by atoms with van der Waals surface area (Å²) in [6, 6.07) is 3.37. The van der Waals surface area contributed by atoms with Crippen LogP contribution in [-0.4, -0.2) is 57.8 Å². The van der Waals surface area contributed by atoms with Crippen molar-refractivity contribution in [1.29, 1.82) is 5.26 Å². The van der Waals surface area contributed by atoms with Gasteiger partial charge in [-0.25, -0.2) is 15.0 Å². The van der Waals surface area contributed by atoms with Crippen molar-refractivity contribution < 1.29 is 14.6 Å². The van der Waals surface area contributed by atoms with Crippen molar-refractivity contribution in [2.24, 2.45) is 16.7 Å². The summed E-state index contributed by atoms with van der Waals surface area (Å²) in [6.07, 6.45) is 6.21. The van der Waals surface area contributed by atoms with Crippen LogP contribution >= 0.6 is 11.6 Å². The van der Waals surface area contributed by atoms with E-state index < -0.39 is 0 Å². The number of anilines is 1. The molecule has 0 unspecified atom stereocenters. The van der Waals surface area contributed by atoms with Gasteiger partial charge in [0.25, 0.3) is 5.91 Å². The van der Waals surface area contributed by atoms with Gasteiger partial charge in [0.2, 0.25) is 5.95 Å². The molecule has 1 amide bonds. The largest absolute Gasteiger partial charge is 0.487 e. The molecule has 1 aliphatic carbocycles. The van der Waals surface area contributed by atoms with Gasteiger partial charge in [0.15, 0.2) is 5.69 Å². The van der Waals surface area contributed by atoms with Crippen LogP contribution < -0.4 is 15.0 Å². The number of nitriles is 1. The summed E-state index contributed by atoms with van der Waals surface area (Å²) < 4.78 is 6.22. The molecule has 9 nitrogen and oxygen atoms in total. The van der Waals surface area contributed by atoms with Gasteiger partial charge < -0.3 is 20.1 Å². The van der Waals surface area contributed by atoms with E-state index in [1.807, 2.05) is 33.8 Å². The number of nitrogens with one attached hydrogen (secondary N) is 1. The van der Waals surface area contributed by atoms with Crippen molar-refractivity contribution in [3.8, 4) is 11.8 Å². The minimum Gasteiger partial charge on any atom is -0.487 e. The van der Waals surface area contributed by atoms with Crippen LogP contribution in [0.25, 0.3) is 0 Å². The normalized spacial score (nSPS) is 23.2. The van der Waals surface area contributed by atoms with E-state index in [1.165, 1.54) is 6.20 Å². The van der Waals surface area contributed by atoms with E-state index in [-0.39, 0.29) is 46.2 Å². The van der Waals surface area contributed by atoms with Crippen LogP contribution in [0.4, 0.5) is 5.95 Å². The predicted octanol–water partition coefficient (Wildman–Crippen LogP) is 3.22. The number of hydrogen-bond donors (Lipinski definition) is 2. The highest BCUT2D eigenvalue weighted by atomic mass is 35.5. The van der Waals surface area contributed by atoms with Crippen LogP contribution in [0, 0.1) is 28.1 Å².